The minimum Gasteiger partial charge on any atom is -0.486 e. The Kier molecular flexibility index (Phi) is 3.41. The van der Waals surface area contributed by atoms with Crippen molar-refractivity contribution in [2.75, 3.05) is 13.2 Å². The summed E-state index contributed by atoms with van der Waals surface area (Å²) in [6, 6.07) is 2.76. The molecule has 0 bridgehead atoms. The molecule has 2 aliphatic rings. The van der Waals surface area contributed by atoms with Gasteiger partial charge in [0.05, 0.1) is 5.02 Å². The van der Waals surface area contributed by atoms with E-state index in [9.17, 15) is 4.79 Å². The van der Waals surface area contributed by atoms with Crippen molar-refractivity contribution in [3.63, 3.8) is 0 Å². The number of carbonyl (C=O) groups excluding carboxylic acids is 1. The summed E-state index contributed by atoms with van der Waals surface area (Å²) < 4.78 is 11.1. The molecule has 21 heavy (non-hydrogen) atoms. The first-order chi connectivity index (χ1) is 9.99. The number of nitrogens with two attached hydrogens (primary N) is 1. The van der Waals surface area contributed by atoms with E-state index in [4.69, 9.17) is 26.8 Å². The summed E-state index contributed by atoms with van der Waals surface area (Å²) in [4.78, 5) is 17.4. The minimum atomic E-state index is -0.425. The number of amidine groups is 1. The van der Waals surface area contributed by atoms with Gasteiger partial charge in [0.2, 0.25) is 0 Å². The number of ether oxygens (including phenoxy) is 2. The van der Waals surface area contributed by atoms with Crippen LogP contribution in [0.3, 0.4) is 0 Å². The average Bonchev–Trinajstić information content (AvgIpc) is 2.73. The van der Waals surface area contributed by atoms with Crippen molar-refractivity contribution < 1.29 is 14.3 Å². The maximum absolute atomic E-state index is 12.0. The Morgan fingerprint density at radius 1 is 1.38 bits per heavy atom. The fraction of sp³-hybridized carbons (Fsp3) is 0.429. The fourth-order valence-corrected chi connectivity index (χ4v) is 2.89. The van der Waals surface area contributed by atoms with Crippen molar-refractivity contribution in [1.29, 1.82) is 0 Å². The molecule has 1 aromatic rings. The Labute approximate surface area is 127 Å². The molecule has 112 valence electrons. The summed E-state index contributed by atoms with van der Waals surface area (Å²) in [5.41, 5.74) is 6.70. The molecule has 0 aliphatic carbocycles. The molecule has 3 rings (SSSR count). The first kappa shape index (κ1) is 14.0. The zero-order valence-electron chi connectivity index (χ0n) is 11.8. The molecule has 1 aromatic carbocycles. The maximum atomic E-state index is 12.0. The number of rotatable bonds is 2. The van der Waals surface area contributed by atoms with Crippen LogP contribution in [0.5, 0.6) is 11.5 Å². The average molecular weight is 310 g/mol. The van der Waals surface area contributed by atoms with Gasteiger partial charge in [-0.15, -0.1) is 0 Å². The van der Waals surface area contributed by atoms with Gasteiger partial charge in [0.25, 0.3) is 0 Å². The summed E-state index contributed by atoms with van der Waals surface area (Å²) in [5.74, 6) is 1.36. The van der Waals surface area contributed by atoms with E-state index in [1.165, 1.54) is 0 Å². The van der Waals surface area contributed by atoms with Gasteiger partial charge in [-0.25, -0.2) is 4.79 Å². The lowest BCUT2D eigenvalue weighted by molar-refractivity contribution is 0.170. The van der Waals surface area contributed by atoms with Crippen LogP contribution in [0.2, 0.25) is 5.02 Å². The van der Waals surface area contributed by atoms with Gasteiger partial charge >= 0.3 is 6.03 Å². The highest BCUT2D eigenvalue weighted by molar-refractivity contribution is 6.32. The standard InChI is InChI=1S/C14H16ClN3O3/c1-7(2)18-11(13(16)17-14(18)19)8-5-9(15)12-10(6-8)20-3-4-21-12/h5-7,11H,3-4H2,1-2H3,(H2,16,17,19). The van der Waals surface area contributed by atoms with Crippen LogP contribution in [0.1, 0.15) is 25.5 Å². The zero-order chi connectivity index (χ0) is 15.1. The molecule has 0 saturated heterocycles. The SMILES string of the molecule is CC(C)N1C(=O)N=C(N)C1c1cc(Cl)c2c(c1)OCCO2. The van der Waals surface area contributed by atoms with Gasteiger partial charge in [-0.05, 0) is 31.5 Å². The van der Waals surface area contributed by atoms with Crippen molar-refractivity contribution in [3.05, 3.63) is 22.7 Å². The Morgan fingerprint density at radius 2 is 2.10 bits per heavy atom. The number of aliphatic imine (C=N–C) groups is 1. The van der Waals surface area contributed by atoms with Crippen molar-refractivity contribution in [1.82, 2.24) is 4.90 Å². The number of fused-ring (bicyclic) bond motifs is 1. The van der Waals surface area contributed by atoms with E-state index >= 15 is 0 Å². The number of hydrogen-bond acceptors (Lipinski definition) is 4. The monoisotopic (exact) mass is 309 g/mol. The van der Waals surface area contributed by atoms with Crippen molar-refractivity contribution in [2.24, 2.45) is 10.7 Å². The largest absolute Gasteiger partial charge is 0.486 e. The molecule has 2 heterocycles. The molecular formula is C14H16ClN3O3. The Bertz CT molecular complexity index is 630. The molecule has 0 saturated carbocycles. The van der Waals surface area contributed by atoms with E-state index < -0.39 is 6.04 Å². The number of hydrogen-bond donors (Lipinski definition) is 1. The summed E-state index contributed by atoms with van der Waals surface area (Å²) in [5, 5.41) is 0.443. The van der Waals surface area contributed by atoms with Crippen LogP contribution in [-0.2, 0) is 0 Å². The van der Waals surface area contributed by atoms with Gasteiger partial charge < -0.3 is 20.1 Å². The number of amides is 2. The third-order valence-corrected chi connectivity index (χ3v) is 3.78. The van der Waals surface area contributed by atoms with Gasteiger partial charge in [-0.2, -0.15) is 4.99 Å². The second kappa shape index (κ2) is 5.11. The molecule has 1 unspecified atom stereocenters. The lowest BCUT2D eigenvalue weighted by Crippen LogP contribution is -2.38. The highest BCUT2D eigenvalue weighted by atomic mass is 35.5. The fourth-order valence-electron chi connectivity index (χ4n) is 2.62. The first-order valence-electron chi connectivity index (χ1n) is 6.74. The zero-order valence-corrected chi connectivity index (χ0v) is 12.6. The van der Waals surface area contributed by atoms with E-state index in [0.29, 0.717) is 29.7 Å². The normalized spacial score (nSPS) is 21.0. The smallest absolute Gasteiger partial charge is 0.346 e. The first-order valence-corrected chi connectivity index (χ1v) is 7.12. The predicted molar refractivity (Wildman–Crippen MR) is 79.2 cm³/mol. The second-order valence-corrected chi connectivity index (χ2v) is 5.66. The number of benzene rings is 1. The molecule has 2 aliphatic heterocycles. The van der Waals surface area contributed by atoms with Gasteiger partial charge in [0.15, 0.2) is 11.5 Å². The highest BCUT2D eigenvalue weighted by Crippen LogP contribution is 2.41. The third-order valence-electron chi connectivity index (χ3n) is 3.50. The molecule has 7 heteroatoms. The number of carbonyl (C=O) groups is 1. The van der Waals surface area contributed by atoms with E-state index in [1.54, 1.807) is 17.0 Å². The highest BCUT2D eigenvalue weighted by Gasteiger charge is 2.37. The van der Waals surface area contributed by atoms with E-state index in [1.807, 2.05) is 13.8 Å². The number of halogens is 1. The predicted octanol–water partition coefficient (Wildman–Crippen LogP) is 2.35. The molecular weight excluding hydrogens is 294 g/mol. The van der Waals surface area contributed by atoms with Crippen LogP contribution >= 0.6 is 11.6 Å². The van der Waals surface area contributed by atoms with Crippen molar-refractivity contribution >= 4 is 23.5 Å². The van der Waals surface area contributed by atoms with E-state index in [2.05, 4.69) is 4.99 Å². The Morgan fingerprint density at radius 3 is 2.81 bits per heavy atom. The van der Waals surface area contributed by atoms with Gasteiger partial charge in [0, 0.05) is 6.04 Å². The summed E-state index contributed by atoms with van der Waals surface area (Å²) in [6.07, 6.45) is 0. The van der Waals surface area contributed by atoms with Crippen LogP contribution in [0.25, 0.3) is 0 Å². The van der Waals surface area contributed by atoms with Crippen LogP contribution in [0.15, 0.2) is 17.1 Å². The van der Waals surface area contributed by atoms with Crippen molar-refractivity contribution in [2.45, 2.75) is 25.9 Å². The van der Waals surface area contributed by atoms with Crippen LogP contribution in [0, 0.1) is 0 Å². The third kappa shape index (κ3) is 2.29. The second-order valence-electron chi connectivity index (χ2n) is 5.25. The van der Waals surface area contributed by atoms with Crippen LogP contribution in [0.4, 0.5) is 4.79 Å². The van der Waals surface area contributed by atoms with E-state index in [0.717, 1.165) is 5.56 Å². The molecule has 0 radical (unpaired) electrons. The Balaban J connectivity index is 2.05. The van der Waals surface area contributed by atoms with Crippen LogP contribution in [-0.4, -0.2) is 36.0 Å². The Hall–Kier alpha value is -1.95. The molecule has 0 spiro atoms. The minimum absolute atomic E-state index is 0.0284. The van der Waals surface area contributed by atoms with Crippen molar-refractivity contribution in [3.8, 4) is 11.5 Å². The molecule has 0 fully saturated rings. The maximum Gasteiger partial charge on any atom is 0.346 e. The molecule has 1 atom stereocenters. The summed E-state index contributed by atoms with van der Waals surface area (Å²) in [7, 11) is 0. The molecule has 6 nitrogen and oxygen atoms in total. The summed E-state index contributed by atoms with van der Waals surface area (Å²) >= 11 is 6.25. The van der Waals surface area contributed by atoms with Gasteiger partial charge in [-0.3, -0.25) is 0 Å². The van der Waals surface area contributed by atoms with E-state index in [-0.39, 0.29) is 17.9 Å². The summed E-state index contributed by atoms with van der Waals surface area (Å²) in [6.45, 7) is 4.76. The number of nitrogens with zero attached hydrogens (tertiary/aromatic N) is 2. The molecule has 2 amide bonds. The lowest BCUT2D eigenvalue weighted by Gasteiger charge is -2.29. The van der Waals surface area contributed by atoms with Crippen LogP contribution < -0.4 is 15.2 Å². The molecule has 0 aromatic heterocycles. The molecule has 2 N–H and O–H groups in total. The number of urea groups is 1. The quantitative estimate of drug-likeness (QED) is 0.909. The lowest BCUT2D eigenvalue weighted by atomic mass is 10.0. The van der Waals surface area contributed by atoms with Gasteiger partial charge in [0.1, 0.15) is 25.1 Å². The van der Waals surface area contributed by atoms with Gasteiger partial charge in [-0.1, -0.05) is 11.6 Å². The topological polar surface area (TPSA) is 77.2 Å².